The molecule has 0 amide bonds. The molecule has 0 fully saturated rings. The van der Waals surface area contributed by atoms with Crippen molar-refractivity contribution in [3.8, 4) is 5.69 Å². The van der Waals surface area contributed by atoms with E-state index in [1.165, 1.54) is 0 Å². The highest BCUT2D eigenvalue weighted by Gasteiger charge is 2.17. The largest absolute Gasteiger partial charge is 0.294 e. The van der Waals surface area contributed by atoms with Gasteiger partial charge in [0, 0.05) is 5.69 Å². The van der Waals surface area contributed by atoms with Crippen molar-refractivity contribution in [2.75, 3.05) is 0 Å². The number of para-hydroxylation sites is 1. The fourth-order valence-electron chi connectivity index (χ4n) is 2.85. The van der Waals surface area contributed by atoms with Gasteiger partial charge in [-0.05, 0) is 43.7 Å². The number of rotatable bonds is 5. The smallest absolute Gasteiger partial charge is 0.280 e. The van der Waals surface area contributed by atoms with Crippen LogP contribution in [0.15, 0.2) is 58.3 Å². The lowest BCUT2D eigenvalue weighted by Crippen LogP contribution is -2.19. The number of aliphatic imine (C=N–C) groups is 1. The number of aryl methyl sites for hydroxylation is 1. The number of nitrogens with one attached hydrogen (secondary N) is 1. The number of H-pyrrole nitrogens is 1. The van der Waals surface area contributed by atoms with Gasteiger partial charge in [-0.3, -0.25) is 14.9 Å². The Kier molecular flexibility index (Phi) is 5.64. The van der Waals surface area contributed by atoms with Gasteiger partial charge >= 0.3 is 0 Å². The summed E-state index contributed by atoms with van der Waals surface area (Å²) < 4.78 is 1.56. The fraction of sp³-hybridized carbons (Fsp3) is 0.200. The molecule has 6 heteroatoms. The summed E-state index contributed by atoms with van der Waals surface area (Å²) in [7, 11) is 0. The predicted octanol–water partition coefficient (Wildman–Crippen LogP) is 5.57. The molecule has 1 heterocycles. The van der Waals surface area contributed by atoms with Gasteiger partial charge in [-0.15, -0.1) is 0 Å². The van der Waals surface area contributed by atoms with Crippen molar-refractivity contribution in [2.24, 2.45) is 4.99 Å². The zero-order valence-corrected chi connectivity index (χ0v) is 16.1. The van der Waals surface area contributed by atoms with E-state index in [2.05, 4.69) is 17.0 Å². The van der Waals surface area contributed by atoms with Crippen LogP contribution in [0.25, 0.3) is 5.69 Å². The Labute approximate surface area is 162 Å². The molecule has 3 aromatic rings. The van der Waals surface area contributed by atoms with E-state index in [-0.39, 0.29) is 5.56 Å². The second-order valence-corrected chi connectivity index (χ2v) is 6.80. The number of aromatic amines is 1. The first-order chi connectivity index (χ1) is 12.5. The van der Waals surface area contributed by atoms with E-state index in [0.717, 1.165) is 24.2 Å². The Morgan fingerprint density at radius 2 is 1.85 bits per heavy atom. The van der Waals surface area contributed by atoms with Crippen molar-refractivity contribution in [3.05, 3.63) is 80.2 Å². The van der Waals surface area contributed by atoms with Crippen LogP contribution in [0.1, 0.15) is 31.5 Å². The molecule has 0 bridgehead atoms. The highest BCUT2D eigenvalue weighted by atomic mass is 35.5. The molecule has 4 nitrogen and oxygen atoms in total. The molecule has 0 aliphatic rings. The molecule has 1 aromatic heterocycles. The van der Waals surface area contributed by atoms with Gasteiger partial charge in [-0.1, -0.05) is 54.7 Å². The zero-order valence-electron chi connectivity index (χ0n) is 14.6. The molecule has 26 heavy (non-hydrogen) atoms. The second-order valence-electron chi connectivity index (χ2n) is 5.99. The minimum absolute atomic E-state index is 0.110. The van der Waals surface area contributed by atoms with Crippen LogP contribution < -0.4 is 5.56 Å². The van der Waals surface area contributed by atoms with Crippen molar-refractivity contribution in [1.82, 2.24) is 9.78 Å². The predicted molar refractivity (Wildman–Crippen MR) is 109 cm³/mol. The monoisotopic (exact) mass is 387 g/mol. The summed E-state index contributed by atoms with van der Waals surface area (Å²) in [6.45, 7) is 3.91. The van der Waals surface area contributed by atoms with Gasteiger partial charge in [-0.25, -0.2) is 4.68 Å². The lowest BCUT2D eigenvalue weighted by molar-refractivity contribution is 0.793. The maximum Gasteiger partial charge on any atom is 0.280 e. The topological polar surface area (TPSA) is 50.1 Å². The lowest BCUT2D eigenvalue weighted by atomic mass is 10.1. The van der Waals surface area contributed by atoms with Gasteiger partial charge in [0.25, 0.3) is 5.56 Å². The van der Waals surface area contributed by atoms with Crippen LogP contribution in [-0.2, 0) is 6.42 Å². The molecular weight excluding hydrogens is 369 g/mol. The number of aromatic nitrogens is 2. The molecule has 0 unspecified atom stereocenters. The van der Waals surface area contributed by atoms with E-state index < -0.39 is 0 Å². The molecule has 1 N–H and O–H groups in total. The molecule has 0 saturated carbocycles. The standard InChI is InChI=1S/C20H19Cl2N3O/c1-3-7-18-19(13(2)23-14-10-11-16(21)17(22)12-14)20(26)25(24-18)15-8-5-4-6-9-15/h4-6,8-12,24H,3,7H2,1-2H3. The number of nitrogens with zero attached hydrogens (tertiary/aromatic N) is 2. The molecular formula is C20H19Cl2N3O. The van der Waals surface area contributed by atoms with E-state index in [1.807, 2.05) is 37.3 Å². The van der Waals surface area contributed by atoms with Gasteiger partial charge in [0.2, 0.25) is 0 Å². The van der Waals surface area contributed by atoms with Crippen molar-refractivity contribution < 1.29 is 0 Å². The first-order valence-electron chi connectivity index (χ1n) is 8.41. The minimum atomic E-state index is -0.110. The molecule has 0 radical (unpaired) electrons. The van der Waals surface area contributed by atoms with E-state index in [9.17, 15) is 4.79 Å². The van der Waals surface area contributed by atoms with Gasteiger partial charge in [0.1, 0.15) is 0 Å². The highest BCUT2D eigenvalue weighted by Crippen LogP contribution is 2.27. The number of benzene rings is 2. The van der Waals surface area contributed by atoms with Crippen LogP contribution >= 0.6 is 23.2 Å². The Morgan fingerprint density at radius 1 is 1.12 bits per heavy atom. The highest BCUT2D eigenvalue weighted by molar-refractivity contribution is 6.42. The number of halogens is 2. The zero-order chi connectivity index (χ0) is 18.7. The van der Waals surface area contributed by atoms with Crippen molar-refractivity contribution in [3.63, 3.8) is 0 Å². The third-order valence-corrected chi connectivity index (χ3v) is 4.78. The molecule has 0 atom stereocenters. The van der Waals surface area contributed by atoms with E-state index >= 15 is 0 Å². The maximum absolute atomic E-state index is 13.0. The summed E-state index contributed by atoms with van der Waals surface area (Å²) in [6.07, 6.45) is 1.68. The van der Waals surface area contributed by atoms with E-state index in [0.29, 0.717) is 27.0 Å². The normalized spacial score (nSPS) is 11.8. The summed E-state index contributed by atoms with van der Waals surface area (Å²) in [5.41, 5.74) is 3.46. The minimum Gasteiger partial charge on any atom is -0.294 e. The van der Waals surface area contributed by atoms with Crippen LogP contribution in [0, 0.1) is 0 Å². The van der Waals surface area contributed by atoms with Crippen molar-refractivity contribution >= 4 is 34.6 Å². The average molecular weight is 388 g/mol. The van der Waals surface area contributed by atoms with Gasteiger partial charge in [0.15, 0.2) is 0 Å². The summed E-state index contributed by atoms with van der Waals surface area (Å²) in [4.78, 5) is 17.6. The first-order valence-corrected chi connectivity index (χ1v) is 9.17. The first kappa shape index (κ1) is 18.5. The Balaban J connectivity index is 2.10. The molecule has 3 rings (SSSR count). The lowest BCUT2D eigenvalue weighted by Gasteiger charge is -2.02. The molecule has 0 aliphatic carbocycles. The van der Waals surface area contributed by atoms with E-state index in [1.54, 1.807) is 22.9 Å². The maximum atomic E-state index is 13.0. The SMILES string of the molecule is CCCc1[nH]n(-c2ccccc2)c(=O)c1C(C)=Nc1ccc(Cl)c(Cl)c1. The van der Waals surface area contributed by atoms with Crippen LogP contribution in [0.4, 0.5) is 5.69 Å². The third kappa shape index (κ3) is 3.76. The third-order valence-electron chi connectivity index (χ3n) is 4.04. The number of hydrogen-bond donors (Lipinski definition) is 1. The molecule has 134 valence electrons. The summed E-state index contributed by atoms with van der Waals surface area (Å²) in [5.74, 6) is 0. The second kappa shape index (κ2) is 7.94. The fourth-order valence-corrected chi connectivity index (χ4v) is 3.14. The quantitative estimate of drug-likeness (QED) is 0.571. The number of hydrogen-bond acceptors (Lipinski definition) is 2. The van der Waals surface area contributed by atoms with E-state index in [4.69, 9.17) is 23.2 Å². The Morgan fingerprint density at radius 3 is 2.50 bits per heavy atom. The molecule has 2 aromatic carbocycles. The van der Waals surface area contributed by atoms with Crippen molar-refractivity contribution in [2.45, 2.75) is 26.7 Å². The van der Waals surface area contributed by atoms with Crippen LogP contribution in [0.3, 0.4) is 0 Å². The summed E-state index contributed by atoms with van der Waals surface area (Å²) in [6, 6.07) is 14.7. The van der Waals surface area contributed by atoms with Gasteiger partial charge in [0.05, 0.1) is 32.7 Å². The summed E-state index contributed by atoms with van der Waals surface area (Å²) >= 11 is 12.0. The Bertz CT molecular complexity index is 1000. The molecule has 0 aliphatic heterocycles. The molecule has 0 saturated heterocycles. The van der Waals surface area contributed by atoms with Crippen LogP contribution in [-0.4, -0.2) is 15.5 Å². The van der Waals surface area contributed by atoms with Gasteiger partial charge in [-0.2, -0.15) is 0 Å². The Hall–Kier alpha value is -2.30. The van der Waals surface area contributed by atoms with Crippen molar-refractivity contribution in [1.29, 1.82) is 0 Å². The molecule has 0 spiro atoms. The van der Waals surface area contributed by atoms with Gasteiger partial charge < -0.3 is 0 Å². The van der Waals surface area contributed by atoms with Crippen LogP contribution in [0.5, 0.6) is 0 Å². The summed E-state index contributed by atoms with van der Waals surface area (Å²) in [5, 5.41) is 4.14. The van der Waals surface area contributed by atoms with Crippen LogP contribution in [0.2, 0.25) is 10.0 Å². The average Bonchev–Trinajstić information content (AvgIpc) is 2.95.